The molecule has 0 spiro atoms. The fourth-order valence-corrected chi connectivity index (χ4v) is 1.96. The first-order valence-electron chi connectivity index (χ1n) is 6.04. The van der Waals surface area contributed by atoms with Gasteiger partial charge in [0, 0.05) is 11.5 Å². The lowest BCUT2D eigenvalue weighted by Crippen LogP contribution is -1.90. The molecule has 0 unspecified atom stereocenters. The SMILES string of the molecule is Cc1ccccc1Oc1cc([O])c2ccccc2n1. The summed E-state index contributed by atoms with van der Waals surface area (Å²) in [7, 11) is 0. The Hall–Kier alpha value is -2.55. The summed E-state index contributed by atoms with van der Waals surface area (Å²) in [6, 6.07) is 16.3. The molecule has 1 radical (unpaired) electrons. The molecule has 3 heteroatoms. The molecule has 0 amide bonds. The summed E-state index contributed by atoms with van der Waals surface area (Å²) in [5.41, 5.74) is 1.66. The van der Waals surface area contributed by atoms with Crippen molar-refractivity contribution >= 4 is 10.9 Å². The van der Waals surface area contributed by atoms with Crippen molar-refractivity contribution in [2.75, 3.05) is 0 Å². The van der Waals surface area contributed by atoms with E-state index in [2.05, 4.69) is 4.98 Å². The van der Waals surface area contributed by atoms with Crippen molar-refractivity contribution < 1.29 is 9.84 Å². The van der Waals surface area contributed by atoms with Crippen molar-refractivity contribution in [3.63, 3.8) is 0 Å². The van der Waals surface area contributed by atoms with Crippen LogP contribution in [0.4, 0.5) is 0 Å². The van der Waals surface area contributed by atoms with Gasteiger partial charge >= 0.3 is 0 Å². The van der Waals surface area contributed by atoms with Gasteiger partial charge in [0.2, 0.25) is 5.88 Å². The molecule has 3 nitrogen and oxygen atoms in total. The maximum Gasteiger partial charge on any atom is 0.223 e. The zero-order valence-corrected chi connectivity index (χ0v) is 10.5. The van der Waals surface area contributed by atoms with Crippen LogP contribution in [0.5, 0.6) is 17.4 Å². The molecule has 0 aliphatic carbocycles. The fraction of sp³-hybridized carbons (Fsp3) is 0.0625. The Balaban J connectivity index is 2.04. The summed E-state index contributed by atoms with van der Waals surface area (Å²) in [4.78, 5) is 4.35. The van der Waals surface area contributed by atoms with Crippen molar-refractivity contribution in [3.05, 3.63) is 60.2 Å². The molecule has 3 rings (SSSR count). The third-order valence-electron chi connectivity index (χ3n) is 2.96. The van der Waals surface area contributed by atoms with Crippen LogP contribution >= 0.6 is 0 Å². The predicted molar refractivity (Wildman–Crippen MR) is 73.1 cm³/mol. The number of hydrogen-bond donors (Lipinski definition) is 0. The summed E-state index contributed by atoms with van der Waals surface area (Å²) in [6.07, 6.45) is 0. The van der Waals surface area contributed by atoms with Gasteiger partial charge in [0.05, 0.1) is 5.52 Å². The van der Waals surface area contributed by atoms with E-state index in [4.69, 9.17) is 4.74 Å². The summed E-state index contributed by atoms with van der Waals surface area (Å²) in [5.74, 6) is 0.969. The molecule has 93 valence electrons. The Morgan fingerprint density at radius 1 is 1.00 bits per heavy atom. The minimum absolute atomic E-state index is 0.0748. The lowest BCUT2D eigenvalue weighted by Gasteiger charge is -2.08. The second kappa shape index (κ2) is 4.61. The molecule has 0 saturated carbocycles. The van der Waals surface area contributed by atoms with Crippen molar-refractivity contribution in [1.82, 2.24) is 4.98 Å². The topological polar surface area (TPSA) is 42.0 Å². The molecule has 0 N–H and O–H groups in total. The van der Waals surface area contributed by atoms with E-state index < -0.39 is 0 Å². The Kier molecular flexibility index (Phi) is 2.80. The van der Waals surface area contributed by atoms with E-state index in [0.29, 0.717) is 22.5 Å². The highest BCUT2D eigenvalue weighted by atomic mass is 16.5. The Bertz CT molecular complexity index is 738. The largest absolute Gasteiger partial charge is 0.439 e. The van der Waals surface area contributed by atoms with Crippen LogP contribution in [-0.4, -0.2) is 4.98 Å². The van der Waals surface area contributed by atoms with Gasteiger partial charge in [-0.25, -0.2) is 4.98 Å². The zero-order chi connectivity index (χ0) is 13.2. The third kappa shape index (κ3) is 2.22. The van der Waals surface area contributed by atoms with Crippen LogP contribution in [0.3, 0.4) is 0 Å². The van der Waals surface area contributed by atoms with Gasteiger partial charge in [0.15, 0.2) is 5.75 Å². The van der Waals surface area contributed by atoms with Gasteiger partial charge in [-0.3, -0.25) is 5.11 Å². The number of aromatic nitrogens is 1. The van der Waals surface area contributed by atoms with Crippen molar-refractivity contribution in [3.8, 4) is 17.4 Å². The van der Waals surface area contributed by atoms with Crippen molar-refractivity contribution in [2.45, 2.75) is 6.92 Å². The van der Waals surface area contributed by atoms with E-state index in [1.807, 2.05) is 43.3 Å². The van der Waals surface area contributed by atoms with E-state index in [0.717, 1.165) is 5.56 Å². The summed E-state index contributed by atoms with van der Waals surface area (Å²) in [6.45, 7) is 1.95. The predicted octanol–water partition coefficient (Wildman–Crippen LogP) is 4.48. The van der Waals surface area contributed by atoms with Crippen LogP contribution in [0.25, 0.3) is 10.9 Å². The Morgan fingerprint density at radius 3 is 2.58 bits per heavy atom. The standard InChI is InChI=1S/C16H12NO2/c1-11-6-2-5-9-15(11)19-16-10-14(18)12-7-3-4-8-13(12)17-16/h2-10H,1H3. The first-order valence-corrected chi connectivity index (χ1v) is 6.04. The Morgan fingerprint density at radius 2 is 1.74 bits per heavy atom. The summed E-state index contributed by atoms with van der Waals surface area (Å²) < 4.78 is 5.69. The van der Waals surface area contributed by atoms with Crippen LogP contribution in [0.2, 0.25) is 0 Å². The first-order chi connectivity index (χ1) is 9.24. The first kappa shape index (κ1) is 11.5. The normalized spacial score (nSPS) is 10.6. The highest BCUT2D eigenvalue weighted by molar-refractivity contribution is 5.85. The van der Waals surface area contributed by atoms with Gasteiger partial charge in [-0.1, -0.05) is 30.3 Å². The van der Waals surface area contributed by atoms with E-state index in [1.54, 1.807) is 12.1 Å². The van der Waals surface area contributed by atoms with Crippen LogP contribution in [0.1, 0.15) is 5.56 Å². The van der Waals surface area contributed by atoms with E-state index in [-0.39, 0.29) is 5.75 Å². The summed E-state index contributed by atoms with van der Waals surface area (Å²) >= 11 is 0. The van der Waals surface area contributed by atoms with E-state index >= 15 is 0 Å². The highest BCUT2D eigenvalue weighted by Crippen LogP contribution is 2.30. The molecule has 3 aromatic rings. The van der Waals surface area contributed by atoms with E-state index in [9.17, 15) is 5.11 Å². The lowest BCUT2D eigenvalue weighted by molar-refractivity contribution is 0.356. The molecule has 1 aromatic heterocycles. The number of pyridine rings is 1. The number of rotatable bonds is 2. The molecule has 0 bridgehead atoms. The van der Waals surface area contributed by atoms with Crippen LogP contribution in [0, 0.1) is 6.92 Å². The minimum Gasteiger partial charge on any atom is -0.439 e. The van der Waals surface area contributed by atoms with Gasteiger partial charge in [0.1, 0.15) is 5.75 Å². The highest BCUT2D eigenvalue weighted by Gasteiger charge is 2.08. The summed E-state index contributed by atoms with van der Waals surface area (Å²) in [5, 5.41) is 12.6. The van der Waals surface area contributed by atoms with Gasteiger partial charge < -0.3 is 4.74 Å². The second-order valence-electron chi connectivity index (χ2n) is 4.34. The molecule has 0 saturated heterocycles. The number of ether oxygens (including phenoxy) is 1. The average molecular weight is 250 g/mol. The maximum atomic E-state index is 12.0. The van der Waals surface area contributed by atoms with Gasteiger partial charge in [-0.2, -0.15) is 0 Å². The molecule has 1 heterocycles. The molecule has 0 aliphatic heterocycles. The molecule has 0 aliphatic rings. The van der Waals surface area contributed by atoms with Crippen LogP contribution in [0.15, 0.2) is 54.6 Å². The molecule has 2 aromatic carbocycles. The van der Waals surface area contributed by atoms with Crippen molar-refractivity contribution in [1.29, 1.82) is 0 Å². The number of hydrogen-bond acceptors (Lipinski definition) is 2. The van der Waals surface area contributed by atoms with Gasteiger partial charge in [0.25, 0.3) is 0 Å². The molecule has 0 atom stereocenters. The smallest absolute Gasteiger partial charge is 0.223 e. The number of para-hydroxylation sites is 2. The molecule has 0 fully saturated rings. The maximum absolute atomic E-state index is 12.0. The number of fused-ring (bicyclic) bond motifs is 1. The second-order valence-corrected chi connectivity index (χ2v) is 4.34. The number of nitrogens with zero attached hydrogens (tertiary/aromatic N) is 1. The third-order valence-corrected chi connectivity index (χ3v) is 2.96. The fourth-order valence-electron chi connectivity index (χ4n) is 1.96. The van der Waals surface area contributed by atoms with E-state index in [1.165, 1.54) is 6.07 Å². The van der Waals surface area contributed by atoms with Crippen LogP contribution < -0.4 is 4.74 Å². The lowest BCUT2D eigenvalue weighted by atomic mass is 10.2. The number of benzene rings is 2. The zero-order valence-electron chi connectivity index (χ0n) is 10.5. The quantitative estimate of drug-likeness (QED) is 0.673. The molecular weight excluding hydrogens is 238 g/mol. The van der Waals surface area contributed by atoms with Gasteiger partial charge in [-0.15, -0.1) is 0 Å². The number of aryl methyl sites for hydroxylation is 1. The molecular formula is C16H12NO2. The van der Waals surface area contributed by atoms with Crippen LogP contribution in [-0.2, 0) is 5.11 Å². The molecule has 19 heavy (non-hydrogen) atoms. The van der Waals surface area contributed by atoms with Gasteiger partial charge in [-0.05, 0) is 30.7 Å². The Labute approximate surface area is 111 Å². The average Bonchev–Trinajstić information content (AvgIpc) is 2.42. The minimum atomic E-state index is -0.0748. The van der Waals surface area contributed by atoms with Crippen molar-refractivity contribution in [2.24, 2.45) is 0 Å². The monoisotopic (exact) mass is 250 g/mol.